The molecular weight excluding hydrogens is 258 g/mol. The molecule has 0 bridgehead atoms. The van der Waals surface area contributed by atoms with Crippen LogP contribution < -0.4 is 0 Å². The highest BCUT2D eigenvalue weighted by atomic mass is 16.4. The molecule has 0 aliphatic carbocycles. The van der Waals surface area contributed by atoms with Crippen LogP contribution >= 0.6 is 0 Å². The third-order valence-electron chi connectivity index (χ3n) is 2.63. The van der Waals surface area contributed by atoms with Crippen LogP contribution in [0.1, 0.15) is 5.69 Å². The first-order chi connectivity index (χ1) is 9.75. The van der Waals surface area contributed by atoms with Crippen LogP contribution in [0, 0.1) is 6.92 Å². The van der Waals surface area contributed by atoms with E-state index >= 15 is 0 Å². The van der Waals surface area contributed by atoms with Crippen molar-refractivity contribution in [1.29, 1.82) is 0 Å². The van der Waals surface area contributed by atoms with E-state index in [2.05, 4.69) is 20.3 Å². The van der Waals surface area contributed by atoms with E-state index in [4.69, 9.17) is 4.42 Å². The molecule has 0 saturated carbocycles. The van der Waals surface area contributed by atoms with Gasteiger partial charge in [-0.3, -0.25) is 0 Å². The molecule has 0 aliphatic rings. The van der Waals surface area contributed by atoms with Gasteiger partial charge in [-0.25, -0.2) is 4.98 Å². The normalized spacial score (nSPS) is 11.2. The minimum Gasteiger partial charge on any atom is -0.491 e. The maximum atomic E-state index is 10.1. The zero-order valence-corrected chi connectivity index (χ0v) is 10.6. The number of aromatic hydroxyl groups is 1. The van der Waals surface area contributed by atoms with Crippen molar-refractivity contribution in [2.75, 3.05) is 0 Å². The van der Waals surface area contributed by atoms with Crippen molar-refractivity contribution in [3.63, 3.8) is 0 Å². The predicted octanol–water partition coefficient (Wildman–Crippen LogP) is 3.29. The van der Waals surface area contributed by atoms with Crippen LogP contribution in [0.3, 0.4) is 0 Å². The molecule has 0 fully saturated rings. The third-order valence-corrected chi connectivity index (χ3v) is 2.63. The molecule has 2 heterocycles. The minimum atomic E-state index is -0.162. The Kier molecular flexibility index (Phi) is 3.00. The van der Waals surface area contributed by atoms with Crippen molar-refractivity contribution >= 4 is 11.4 Å². The first-order valence-corrected chi connectivity index (χ1v) is 5.91. The number of hydrogen-bond donors (Lipinski definition) is 1. The van der Waals surface area contributed by atoms with Crippen molar-refractivity contribution in [2.45, 2.75) is 6.92 Å². The fourth-order valence-corrected chi connectivity index (χ4v) is 1.68. The molecule has 20 heavy (non-hydrogen) atoms. The molecule has 0 unspecified atom stereocenters. The molecule has 1 N–H and O–H groups in total. The first-order valence-electron chi connectivity index (χ1n) is 5.91. The Labute approximate surface area is 114 Å². The van der Waals surface area contributed by atoms with E-state index in [0.29, 0.717) is 11.4 Å². The van der Waals surface area contributed by atoms with Crippen molar-refractivity contribution in [3.8, 4) is 11.9 Å². The smallest absolute Gasteiger partial charge is 0.325 e. The van der Waals surface area contributed by atoms with E-state index in [1.54, 1.807) is 6.92 Å². The van der Waals surface area contributed by atoms with Gasteiger partial charge in [0.05, 0.1) is 17.6 Å². The number of rotatable bonds is 3. The quantitative estimate of drug-likeness (QED) is 0.739. The average molecular weight is 269 g/mol. The summed E-state index contributed by atoms with van der Waals surface area (Å²) in [7, 11) is 0. The summed E-state index contributed by atoms with van der Waals surface area (Å²) in [5, 5.41) is 22.3. The zero-order chi connectivity index (χ0) is 13.9. The predicted molar refractivity (Wildman–Crippen MR) is 70.6 cm³/mol. The van der Waals surface area contributed by atoms with Crippen LogP contribution in [0.25, 0.3) is 6.01 Å². The van der Waals surface area contributed by atoms with Crippen LogP contribution in [0.5, 0.6) is 5.88 Å². The summed E-state index contributed by atoms with van der Waals surface area (Å²) in [5.74, 6) is -0.162. The van der Waals surface area contributed by atoms with E-state index in [-0.39, 0.29) is 17.6 Å². The van der Waals surface area contributed by atoms with Gasteiger partial charge < -0.3 is 9.52 Å². The monoisotopic (exact) mass is 269 g/mol. The van der Waals surface area contributed by atoms with Gasteiger partial charge >= 0.3 is 6.01 Å². The van der Waals surface area contributed by atoms with E-state index in [0.717, 1.165) is 0 Å². The summed E-state index contributed by atoms with van der Waals surface area (Å²) < 4.78 is 6.26. The minimum absolute atomic E-state index is 0.162. The maximum Gasteiger partial charge on any atom is 0.325 e. The molecule has 0 spiro atoms. The Hall–Kier alpha value is -2.96. The van der Waals surface area contributed by atoms with Crippen LogP contribution in [0.4, 0.5) is 11.4 Å². The average Bonchev–Trinajstić information content (AvgIpc) is 3.07. The summed E-state index contributed by atoms with van der Waals surface area (Å²) in [4.78, 5) is 3.92. The molecule has 100 valence electrons. The number of azo groups is 1. The molecule has 1 aromatic carbocycles. The SMILES string of the molecule is Cc1nn(-c2ncco2)c(O)c1N=Nc1ccccc1. The lowest BCUT2D eigenvalue weighted by Crippen LogP contribution is -1.95. The van der Waals surface area contributed by atoms with E-state index < -0.39 is 0 Å². The zero-order valence-electron chi connectivity index (χ0n) is 10.6. The fourth-order valence-electron chi connectivity index (χ4n) is 1.68. The highest BCUT2D eigenvalue weighted by molar-refractivity contribution is 5.52. The summed E-state index contributed by atoms with van der Waals surface area (Å²) in [6.07, 6.45) is 2.87. The molecule has 2 aromatic heterocycles. The Balaban J connectivity index is 1.97. The molecule has 0 atom stereocenters. The number of nitrogens with zero attached hydrogens (tertiary/aromatic N) is 5. The van der Waals surface area contributed by atoms with E-state index in [9.17, 15) is 5.11 Å². The molecule has 0 saturated heterocycles. The van der Waals surface area contributed by atoms with Gasteiger partial charge in [0.15, 0.2) is 5.69 Å². The molecular formula is C13H11N5O2. The largest absolute Gasteiger partial charge is 0.491 e. The number of benzene rings is 1. The molecule has 0 amide bonds. The van der Waals surface area contributed by atoms with Crippen molar-refractivity contribution in [3.05, 3.63) is 48.5 Å². The number of oxazole rings is 1. The van der Waals surface area contributed by atoms with Gasteiger partial charge in [0.25, 0.3) is 0 Å². The maximum absolute atomic E-state index is 10.1. The molecule has 7 heteroatoms. The second-order valence-corrected chi connectivity index (χ2v) is 4.02. The Morgan fingerprint density at radius 1 is 1.20 bits per heavy atom. The lowest BCUT2D eigenvalue weighted by atomic mass is 10.3. The van der Waals surface area contributed by atoms with Crippen molar-refractivity contribution in [1.82, 2.24) is 14.8 Å². The van der Waals surface area contributed by atoms with Gasteiger partial charge in [0.2, 0.25) is 5.88 Å². The molecule has 3 rings (SSSR count). The van der Waals surface area contributed by atoms with Gasteiger partial charge in [0.1, 0.15) is 6.26 Å². The molecule has 7 nitrogen and oxygen atoms in total. The fraction of sp³-hybridized carbons (Fsp3) is 0.0769. The van der Waals surface area contributed by atoms with Crippen molar-refractivity contribution in [2.24, 2.45) is 10.2 Å². The summed E-state index contributed by atoms with van der Waals surface area (Å²) in [6, 6.07) is 9.41. The standard InChI is InChI=1S/C13H11N5O2/c1-9-11(16-15-10-5-3-2-4-6-10)12(19)18(17-9)13-14-7-8-20-13/h2-8,19H,1H3. The first kappa shape index (κ1) is 12.1. The van der Waals surface area contributed by atoms with Gasteiger partial charge in [-0.15, -0.1) is 9.80 Å². The van der Waals surface area contributed by atoms with E-state index in [1.165, 1.54) is 17.1 Å². The molecule has 3 aromatic rings. The second kappa shape index (κ2) is 4.96. The second-order valence-electron chi connectivity index (χ2n) is 4.02. The molecule has 0 radical (unpaired) electrons. The lowest BCUT2D eigenvalue weighted by Gasteiger charge is -1.95. The highest BCUT2D eigenvalue weighted by Gasteiger charge is 2.17. The summed E-state index contributed by atoms with van der Waals surface area (Å²) >= 11 is 0. The van der Waals surface area contributed by atoms with Gasteiger partial charge in [-0.2, -0.15) is 10.2 Å². The Bertz CT molecular complexity index is 732. The van der Waals surface area contributed by atoms with Gasteiger partial charge in [-0.1, -0.05) is 18.2 Å². The number of aryl methyl sites for hydroxylation is 1. The van der Waals surface area contributed by atoms with Crippen molar-refractivity contribution < 1.29 is 9.52 Å². The number of hydrogen-bond acceptors (Lipinski definition) is 6. The Morgan fingerprint density at radius 2 is 2.00 bits per heavy atom. The number of aromatic nitrogens is 3. The highest BCUT2D eigenvalue weighted by Crippen LogP contribution is 2.33. The van der Waals surface area contributed by atoms with Gasteiger partial charge in [0, 0.05) is 0 Å². The van der Waals surface area contributed by atoms with Gasteiger partial charge in [-0.05, 0) is 19.1 Å². The van der Waals surface area contributed by atoms with E-state index in [1.807, 2.05) is 30.3 Å². The van der Waals surface area contributed by atoms with Crippen LogP contribution in [-0.4, -0.2) is 19.9 Å². The lowest BCUT2D eigenvalue weighted by molar-refractivity contribution is 0.407. The summed E-state index contributed by atoms with van der Waals surface area (Å²) in [5.41, 5.74) is 1.50. The third kappa shape index (κ3) is 2.16. The van der Waals surface area contributed by atoms with Crippen LogP contribution in [0.2, 0.25) is 0 Å². The molecule has 0 aliphatic heterocycles. The topological polar surface area (TPSA) is 88.8 Å². The summed E-state index contributed by atoms with van der Waals surface area (Å²) in [6.45, 7) is 1.72. The Morgan fingerprint density at radius 3 is 2.70 bits per heavy atom. The van der Waals surface area contributed by atoms with Crippen LogP contribution in [0.15, 0.2) is 57.4 Å². The van der Waals surface area contributed by atoms with Crippen LogP contribution in [-0.2, 0) is 0 Å².